The Kier molecular flexibility index (Phi) is 5.26. The van der Waals surface area contributed by atoms with Crippen molar-refractivity contribution in [3.8, 4) is 5.75 Å². The van der Waals surface area contributed by atoms with E-state index in [9.17, 15) is 18.4 Å². The number of amides is 1. The van der Waals surface area contributed by atoms with E-state index in [0.29, 0.717) is 29.4 Å². The maximum Gasteiger partial charge on any atom is 0.387 e. The highest BCUT2D eigenvalue weighted by Crippen LogP contribution is 2.16. The molecule has 3 aromatic rings. The predicted octanol–water partition coefficient (Wildman–Crippen LogP) is 3.10. The molecule has 7 heteroatoms. The van der Waals surface area contributed by atoms with Crippen LogP contribution in [-0.4, -0.2) is 24.0 Å². The largest absolute Gasteiger partial charge is 0.435 e. The molecule has 0 fully saturated rings. The molecule has 0 unspecified atom stereocenters. The second-order valence-electron chi connectivity index (χ2n) is 5.62. The van der Waals surface area contributed by atoms with Crippen LogP contribution in [0.3, 0.4) is 0 Å². The lowest BCUT2D eigenvalue weighted by atomic mass is 10.1. The van der Waals surface area contributed by atoms with Gasteiger partial charge >= 0.3 is 6.61 Å². The van der Waals surface area contributed by atoms with Crippen molar-refractivity contribution < 1.29 is 18.3 Å². The van der Waals surface area contributed by atoms with Gasteiger partial charge in [0.2, 0.25) is 5.56 Å². The highest BCUT2D eigenvalue weighted by atomic mass is 19.3. The number of halogens is 2. The molecule has 0 aliphatic carbocycles. The minimum atomic E-state index is -2.86. The molecule has 3 rings (SSSR count). The zero-order valence-electron chi connectivity index (χ0n) is 13.7. The molecule has 0 aliphatic rings. The molecule has 1 amide bonds. The molecule has 0 atom stereocenters. The van der Waals surface area contributed by atoms with Crippen LogP contribution in [0.1, 0.15) is 15.9 Å². The number of H-pyrrole nitrogens is 1. The molecule has 0 saturated carbocycles. The average Bonchev–Trinajstić information content (AvgIpc) is 2.62. The Labute approximate surface area is 147 Å². The van der Waals surface area contributed by atoms with Crippen molar-refractivity contribution in [3.63, 3.8) is 0 Å². The Morgan fingerprint density at radius 2 is 1.85 bits per heavy atom. The third-order valence-corrected chi connectivity index (χ3v) is 3.84. The molecule has 0 radical (unpaired) electrons. The summed E-state index contributed by atoms with van der Waals surface area (Å²) in [6.07, 6.45) is 0.516. The SMILES string of the molecule is O=C(NCCc1ccc(OC(F)F)cc1)c1cc(=O)[nH]c2ccccc12. The number of rotatable bonds is 6. The van der Waals surface area contributed by atoms with Gasteiger partial charge in [-0.05, 0) is 30.2 Å². The Morgan fingerprint density at radius 1 is 1.12 bits per heavy atom. The van der Waals surface area contributed by atoms with Gasteiger partial charge in [0, 0.05) is 23.5 Å². The maximum absolute atomic E-state index is 12.4. The van der Waals surface area contributed by atoms with Crippen molar-refractivity contribution in [3.05, 3.63) is 76.1 Å². The molecular weight excluding hydrogens is 342 g/mol. The minimum Gasteiger partial charge on any atom is -0.435 e. The fourth-order valence-electron chi connectivity index (χ4n) is 2.65. The van der Waals surface area contributed by atoms with Gasteiger partial charge in [-0.1, -0.05) is 30.3 Å². The van der Waals surface area contributed by atoms with Crippen molar-refractivity contribution in [1.82, 2.24) is 10.3 Å². The second-order valence-corrected chi connectivity index (χ2v) is 5.62. The first-order chi connectivity index (χ1) is 12.5. The number of nitrogens with one attached hydrogen (secondary N) is 2. The molecule has 1 aromatic heterocycles. The number of alkyl halides is 2. The van der Waals surface area contributed by atoms with E-state index >= 15 is 0 Å². The van der Waals surface area contributed by atoms with Crippen LogP contribution in [0.25, 0.3) is 10.9 Å². The third kappa shape index (κ3) is 4.24. The van der Waals surface area contributed by atoms with Gasteiger partial charge in [-0.2, -0.15) is 8.78 Å². The normalized spacial score (nSPS) is 10.9. The number of pyridine rings is 1. The fraction of sp³-hybridized carbons (Fsp3) is 0.158. The van der Waals surface area contributed by atoms with Crippen molar-refractivity contribution in [1.29, 1.82) is 0 Å². The van der Waals surface area contributed by atoms with Crippen LogP contribution in [-0.2, 0) is 6.42 Å². The lowest BCUT2D eigenvalue weighted by molar-refractivity contribution is -0.0498. The zero-order valence-corrected chi connectivity index (χ0v) is 13.7. The van der Waals surface area contributed by atoms with Crippen molar-refractivity contribution in [2.24, 2.45) is 0 Å². The van der Waals surface area contributed by atoms with Crippen molar-refractivity contribution in [2.75, 3.05) is 6.54 Å². The number of ether oxygens (including phenoxy) is 1. The van der Waals surface area contributed by atoms with Gasteiger partial charge in [-0.15, -0.1) is 0 Å². The molecule has 0 saturated heterocycles. The van der Waals surface area contributed by atoms with Crippen LogP contribution in [0.4, 0.5) is 8.78 Å². The number of hydrogen-bond donors (Lipinski definition) is 2. The Morgan fingerprint density at radius 3 is 2.58 bits per heavy atom. The lowest BCUT2D eigenvalue weighted by Crippen LogP contribution is -2.27. The standard InChI is InChI=1S/C19H16F2N2O3/c20-19(21)26-13-7-5-12(6-8-13)9-10-22-18(25)15-11-17(24)23-16-4-2-1-3-14(15)16/h1-8,11,19H,9-10H2,(H,22,25)(H,23,24). The van der Waals surface area contributed by atoms with Gasteiger partial charge in [-0.25, -0.2) is 0 Å². The van der Waals surface area contributed by atoms with E-state index in [0.717, 1.165) is 5.56 Å². The van der Waals surface area contributed by atoms with Gasteiger partial charge in [0.05, 0.1) is 5.56 Å². The number of fused-ring (bicyclic) bond motifs is 1. The number of benzene rings is 2. The highest BCUT2D eigenvalue weighted by Gasteiger charge is 2.11. The molecule has 2 aromatic carbocycles. The van der Waals surface area contributed by atoms with E-state index in [4.69, 9.17) is 0 Å². The summed E-state index contributed by atoms with van der Waals surface area (Å²) in [6, 6.07) is 14.6. The van der Waals surface area contributed by atoms with Crippen LogP contribution in [0.2, 0.25) is 0 Å². The van der Waals surface area contributed by atoms with E-state index in [1.54, 1.807) is 36.4 Å². The van der Waals surface area contributed by atoms with E-state index in [-0.39, 0.29) is 17.2 Å². The predicted molar refractivity (Wildman–Crippen MR) is 93.7 cm³/mol. The van der Waals surface area contributed by atoms with Crippen LogP contribution < -0.4 is 15.6 Å². The summed E-state index contributed by atoms with van der Waals surface area (Å²) < 4.78 is 28.5. The van der Waals surface area contributed by atoms with Crippen LogP contribution in [0.5, 0.6) is 5.75 Å². The van der Waals surface area contributed by atoms with Crippen LogP contribution in [0.15, 0.2) is 59.4 Å². The van der Waals surface area contributed by atoms with E-state index in [1.807, 2.05) is 0 Å². The number of aromatic nitrogens is 1. The minimum absolute atomic E-state index is 0.0859. The number of hydrogen-bond acceptors (Lipinski definition) is 3. The summed E-state index contributed by atoms with van der Waals surface area (Å²) in [5, 5.41) is 3.44. The molecular formula is C19H16F2N2O3. The number of aromatic amines is 1. The Balaban J connectivity index is 1.64. The van der Waals surface area contributed by atoms with Crippen LogP contribution >= 0.6 is 0 Å². The first-order valence-electron chi connectivity index (χ1n) is 7.97. The summed E-state index contributed by atoms with van der Waals surface area (Å²) in [4.78, 5) is 26.8. The second kappa shape index (κ2) is 7.77. The molecule has 26 heavy (non-hydrogen) atoms. The summed E-state index contributed by atoms with van der Waals surface area (Å²) in [5.41, 5.74) is 1.43. The molecule has 5 nitrogen and oxygen atoms in total. The van der Waals surface area contributed by atoms with Crippen molar-refractivity contribution in [2.45, 2.75) is 13.0 Å². The lowest BCUT2D eigenvalue weighted by Gasteiger charge is -2.09. The van der Waals surface area contributed by atoms with Gasteiger partial charge in [0.1, 0.15) is 5.75 Å². The van der Waals surface area contributed by atoms with E-state index in [1.165, 1.54) is 18.2 Å². The Bertz CT molecular complexity index is 968. The number of carbonyl (C=O) groups excluding carboxylic acids is 1. The monoisotopic (exact) mass is 358 g/mol. The van der Waals surface area contributed by atoms with E-state index in [2.05, 4.69) is 15.0 Å². The maximum atomic E-state index is 12.4. The summed E-state index contributed by atoms with van der Waals surface area (Å²) in [6.45, 7) is -2.52. The molecule has 0 bridgehead atoms. The highest BCUT2D eigenvalue weighted by molar-refractivity contribution is 6.05. The number of para-hydroxylation sites is 1. The van der Waals surface area contributed by atoms with Gasteiger partial charge in [-0.3, -0.25) is 9.59 Å². The summed E-state index contributed by atoms with van der Waals surface area (Å²) in [7, 11) is 0. The summed E-state index contributed by atoms with van der Waals surface area (Å²) in [5.74, 6) is -0.257. The summed E-state index contributed by atoms with van der Waals surface area (Å²) >= 11 is 0. The van der Waals surface area contributed by atoms with Gasteiger partial charge in [0.15, 0.2) is 0 Å². The van der Waals surface area contributed by atoms with Gasteiger partial charge < -0.3 is 15.0 Å². The number of carbonyl (C=O) groups is 1. The zero-order chi connectivity index (χ0) is 18.5. The Hall–Kier alpha value is -3.22. The average molecular weight is 358 g/mol. The molecule has 0 aliphatic heterocycles. The molecule has 0 spiro atoms. The fourth-order valence-corrected chi connectivity index (χ4v) is 2.65. The van der Waals surface area contributed by atoms with Gasteiger partial charge in [0.25, 0.3) is 5.91 Å². The quantitative estimate of drug-likeness (QED) is 0.711. The first kappa shape index (κ1) is 17.6. The molecule has 2 N–H and O–H groups in total. The van der Waals surface area contributed by atoms with Crippen LogP contribution in [0, 0.1) is 0 Å². The first-order valence-corrected chi connectivity index (χ1v) is 7.97. The topological polar surface area (TPSA) is 71.2 Å². The van der Waals surface area contributed by atoms with E-state index < -0.39 is 6.61 Å². The third-order valence-electron chi connectivity index (χ3n) is 3.84. The molecule has 134 valence electrons. The van der Waals surface area contributed by atoms with Crippen molar-refractivity contribution >= 4 is 16.8 Å². The molecule has 1 heterocycles. The smallest absolute Gasteiger partial charge is 0.387 e.